The van der Waals surface area contributed by atoms with Gasteiger partial charge in [-0.3, -0.25) is 4.90 Å². The summed E-state index contributed by atoms with van der Waals surface area (Å²) in [6, 6.07) is 9.95. The Labute approximate surface area is 152 Å². The number of quaternary nitrogens is 1. The van der Waals surface area contributed by atoms with Gasteiger partial charge in [0.25, 0.3) is 0 Å². The van der Waals surface area contributed by atoms with Gasteiger partial charge in [-0.05, 0) is 25.0 Å². The predicted molar refractivity (Wildman–Crippen MR) is 102 cm³/mol. The van der Waals surface area contributed by atoms with Gasteiger partial charge in [0, 0.05) is 31.0 Å². The highest BCUT2D eigenvalue weighted by Gasteiger charge is 2.47. The number of benzene rings is 1. The van der Waals surface area contributed by atoms with E-state index < -0.39 is 0 Å². The van der Waals surface area contributed by atoms with Gasteiger partial charge < -0.3 is 9.22 Å². The van der Waals surface area contributed by atoms with Crippen molar-refractivity contribution in [2.75, 3.05) is 37.6 Å². The van der Waals surface area contributed by atoms with Crippen LogP contribution in [0.4, 0.5) is 10.5 Å². The topological polar surface area (TPSA) is 29.5 Å². The minimum atomic E-state index is -0.159. The molecule has 138 valence electrons. The fourth-order valence-corrected chi connectivity index (χ4v) is 4.59. The van der Waals surface area contributed by atoms with Crippen LogP contribution in [0.3, 0.4) is 0 Å². The van der Waals surface area contributed by atoms with Crippen LogP contribution < -0.4 is 4.90 Å². The first-order valence-corrected chi connectivity index (χ1v) is 10.1. The van der Waals surface area contributed by atoms with Gasteiger partial charge in [-0.25, -0.2) is 4.79 Å². The van der Waals surface area contributed by atoms with E-state index >= 15 is 0 Å². The van der Waals surface area contributed by atoms with Crippen LogP contribution in [0.1, 0.15) is 46.0 Å². The van der Waals surface area contributed by atoms with Gasteiger partial charge in [0.05, 0.1) is 19.6 Å². The molecule has 0 aromatic heterocycles. The second-order valence-electron chi connectivity index (χ2n) is 7.80. The average Bonchev–Trinajstić information content (AvgIpc) is 2.64. The smallest absolute Gasteiger partial charge is 0.414 e. The number of piperidine rings is 3. The quantitative estimate of drug-likeness (QED) is 0.683. The summed E-state index contributed by atoms with van der Waals surface area (Å²) < 4.78 is 7.24. The highest BCUT2D eigenvalue weighted by molar-refractivity contribution is 5.87. The Morgan fingerprint density at radius 1 is 1.16 bits per heavy atom. The number of rotatable bonds is 7. The molecule has 4 rings (SSSR count). The number of unbranched alkanes of at least 4 members (excludes halogenated alkanes) is 1. The molecule has 1 aromatic rings. The van der Waals surface area contributed by atoms with E-state index in [1.807, 2.05) is 35.2 Å². The van der Waals surface area contributed by atoms with Crippen LogP contribution in [0.2, 0.25) is 0 Å². The molecule has 1 amide bonds. The number of nitrogens with zero attached hydrogens (tertiary/aromatic N) is 2. The van der Waals surface area contributed by atoms with E-state index in [1.54, 1.807) is 0 Å². The van der Waals surface area contributed by atoms with Crippen LogP contribution >= 0.6 is 0 Å². The Bertz CT molecular complexity index is 547. The molecule has 3 heterocycles. The summed E-state index contributed by atoms with van der Waals surface area (Å²) in [4.78, 5) is 14.8. The maximum absolute atomic E-state index is 13.0. The van der Waals surface area contributed by atoms with Crippen molar-refractivity contribution in [3.05, 3.63) is 30.3 Å². The molecule has 4 heteroatoms. The summed E-state index contributed by atoms with van der Waals surface area (Å²) in [7, 11) is 0. The lowest BCUT2D eigenvalue weighted by Crippen LogP contribution is -2.64. The van der Waals surface area contributed by atoms with E-state index in [0.29, 0.717) is 5.92 Å². The molecule has 0 spiro atoms. The highest BCUT2D eigenvalue weighted by atomic mass is 16.6. The van der Waals surface area contributed by atoms with Gasteiger partial charge in [-0.15, -0.1) is 0 Å². The summed E-state index contributed by atoms with van der Waals surface area (Å²) in [6.45, 7) is 9.91. The van der Waals surface area contributed by atoms with Gasteiger partial charge in [0.2, 0.25) is 0 Å². The molecule has 0 N–H and O–H groups in total. The van der Waals surface area contributed by atoms with Crippen molar-refractivity contribution in [2.24, 2.45) is 5.92 Å². The zero-order chi connectivity index (χ0) is 17.7. The summed E-state index contributed by atoms with van der Waals surface area (Å²) in [5, 5.41) is 0. The zero-order valence-electron chi connectivity index (χ0n) is 15.8. The fraction of sp³-hybridized carbons (Fsp3) is 0.667. The Morgan fingerprint density at radius 2 is 1.88 bits per heavy atom. The number of anilines is 1. The minimum absolute atomic E-state index is 0.0920. The van der Waals surface area contributed by atoms with Crippen molar-refractivity contribution in [1.82, 2.24) is 0 Å². The monoisotopic (exact) mass is 345 g/mol. The fourth-order valence-electron chi connectivity index (χ4n) is 4.59. The molecule has 4 nitrogen and oxygen atoms in total. The van der Waals surface area contributed by atoms with Gasteiger partial charge >= 0.3 is 6.09 Å². The molecule has 3 fully saturated rings. The second-order valence-corrected chi connectivity index (χ2v) is 7.80. The molecule has 2 bridgehead atoms. The number of carbonyl (C=O) groups excluding carboxylic acids is 1. The van der Waals surface area contributed by atoms with Crippen LogP contribution in [0.15, 0.2) is 30.3 Å². The normalized spacial score (nSPS) is 27.9. The van der Waals surface area contributed by atoms with E-state index in [-0.39, 0.29) is 12.2 Å². The zero-order valence-corrected chi connectivity index (χ0v) is 15.8. The summed E-state index contributed by atoms with van der Waals surface area (Å²) in [6.07, 6.45) is 5.61. The number of fused-ring (bicyclic) bond motifs is 3. The molecule has 0 aliphatic carbocycles. The van der Waals surface area contributed by atoms with Crippen molar-refractivity contribution in [3.63, 3.8) is 0 Å². The first-order chi connectivity index (χ1) is 12.2. The van der Waals surface area contributed by atoms with Crippen molar-refractivity contribution in [2.45, 2.75) is 52.1 Å². The van der Waals surface area contributed by atoms with Gasteiger partial charge in [0.15, 0.2) is 6.10 Å². The molecule has 25 heavy (non-hydrogen) atoms. The molecule has 0 saturated carbocycles. The maximum Gasteiger partial charge on any atom is 0.414 e. The number of hydrogen-bond acceptors (Lipinski definition) is 2. The van der Waals surface area contributed by atoms with Crippen molar-refractivity contribution in [1.29, 1.82) is 0 Å². The Balaban J connectivity index is 1.68. The summed E-state index contributed by atoms with van der Waals surface area (Å²) in [5.74, 6) is 0.560. The molecule has 3 aliphatic rings. The number of ether oxygens (including phenoxy) is 1. The molecular weight excluding hydrogens is 312 g/mol. The van der Waals surface area contributed by atoms with Crippen LogP contribution in [-0.4, -0.2) is 49.4 Å². The van der Waals surface area contributed by atoms with Crippen LogP contribution in [-0.2, 0) is 4.74 Å². The van der Waals surface area contributed by atoms with Crippen molar-refractivity contribution in [3.8, 4) is 0 Å². The Kier molecular flexibility index (Phi) is 6.00. The number of hydrogen-bond donors (Lipinski definition) is 0. The maximum atomic E-state index is 13.0. The lowest BCUT2D eigenvalue weighted by Gasteiger charge is -2.52. The molecule has 3 aliphatic heterocycles. The Morgan fingerprint density at radius 3 is 2.52 bits per heavy atom. The first-order valence-electron chi connectivity index (χ1n) is 10.1. The Hall–Kier alpha value is -1.55. The van der Waals surface area contributed by atoms with Crippen LogP contribution in [0.25, 0.3) is 0 Å². The SMILES string of the molecule is CCCCN(C(=O)O[C@H]1C[N+]2(CCC)CCC1CC2)c1ccccc1. The third kappa shape index (κ3) is 4.17. The molecule has 0 radical (unpaired) electrons. The number of carbonyl (C=O) groups is 1. The molecule has 1 atom stereocenters. The van der Waals surface area contributed by atoms with E-state index in [4.69, 9.17) is 4.74 Å². The van der Waals surface area contributed by atoms with E-state index in [1.165, 1.54) is 38.9 Å². The first kappa shape index (κ1) is 18.2. The van der Waals surface area contributed by atoms with Gasteiger partial charge in [-0.2, -0.15) is 0 Å². The van der Waals surface area contributed by atoms with Gasteiger partial charge in [-0.1, -0.05) is 38.5 Å². The van der Waals surface area contributed by atoms with Crippen LogP contribution in [0, 0.1) is 5.92 Å². The molecule has 3 saturated heterocycles. The molecule has 0 unspecified atom stereocenters. The van der Waals surface area contributed by atoms with Crippen molar-refractivity contribution >= 4 is 11.8 Å². The second kappa shape index (κ2) is 8.22. The number of amides is 1. The summed E-state index contributed by atoms with van der Waals surface area (Å²) in [5.41, 5.74) is 0.944. The third-order valence-electron chi connectivity index (χ3n) is 6.02. The molecule has 1 aromatic carbocycles. The van der Waals surface area contributed by atoms with Gasteiger partial charge in [0.1, 0.15) is 6.54 Å². The largest absolute Gasteiger partial charge is 0.440 e. The van der Waals surface area contributed by atoms with E-state index in [2.05, 4.69) is 13.8 Å². The third-order valence-corrected chi connectivity index (χ3v) is 6.02. The lowest BCUT2D eigenvalue weighted by atomic mass is 9.83. The van der Waals surface area contributed by atoms with E-state index in [9.17, 15) is 4.79 Å². The predicted octanol–water partition coefficient (Wildman–Crippen LogP) is 4.45. The molecular formula is C21H33N2O2+. The average molecular weight is 346 g/mol. The lowest BCUT2D eigenvalue weighted by molar-refractivity contribution is -0.946. The van der Waals surface area contributed by atoms with Crippen LogP contribution in [0.5, 0.6) is 0 Å². The standard InChI is InChI=1S/C21H33N2O2/c1-3-5-13-22(19-9-7-6-8-10-19)21(24)25-20-17-23(14-4-2)15-11-18(20)12-16-23/h6-10,18,20H,3-5,11-17H2,1-2H3/q+1/t18?,20-,23?/m0/s1. The number of para-hydroxylation sites is 1. The highest BCUT2D eigenvalue weighted by Crippen LogP contribution is 2.36. The van der Waals surface area contributed by atoms with E-state index in [0.717, 1.165) is 36.1 Å². The summed E-state index contributed by atoms with van der Waals surface area (Å²) >= 11 is 0. The minimum Gasteiger partial charge on any atom is -0.440 e. The van der Waals surface area contributed by atoms with Crippen molar-refractivity contribution < 1.29 is 14.0 Å².